The Bertz CT molecular complexity index is 796. The molecule has 0 aliphatic heterocycles. The summed E-state index contributed by atoms with van der Waals surface area (Å²) in [5.41, 5.74) is -0.952. The molecule has 0 aliphatic rings. The Labute approximate surface area is 141 Å². The van der Waals surface area contributed by atoms with Gasteiger partial charge in [0.05, 0.1) is 37.2 Å². The molecule has 2 aromatic rings. The van der Waals surface area contributed by atoms with E-state index in [1.54, 1.807) is 0 Å². The van der Waals surface area contributed by atoms with Crippen molar-refractivity contribution in [2.45, 2.75) is 0 Å². The number of methoxy groups -OCH3 is 3. The highest BCUT2D eigenvalue weighted by atomic mass is 16.6. The molecular weight excluding hydrogens is 336 g/mol. The molecule has 0 aliphatic carbocycles. The third-order valence-corrected chi connectivity index (χ3v) is 3.22. The summed E-state index contributed by atoms with van der Waals surface area (Å²) < 4.78 is 21.0. The second-order valence-electron chi connectivity index (χ2n) is 4.63. The summed E-state index contributed by atoms with van der Waals surface area (Å²) in [7, 11) is 4.26. The standard InChI is InChI=1S/C15H14N2O8/c1-22-13-7-10(8-14(23-2)15(13)24-3)25-12-5-4-9(16(18)19)6-11(12)17(20)21/h4-8H,1-3H3. The molecule has 25 heavy (non-hydrogen) atoms. The minimum atomic E-state index is -0.764. The Kier molecular flexibility index (Phi) is 5.22. The topological polar surface area (TPSA) is 123 Å². The quantitative estimate of drug-likeness (QED) is 0.550. The maximum atomic E-state index is 11.2. The number of nitrogens with zero attached hydrogens (tertiary/aromatic N) is 2. The van der Waals surface area contributed by atoms with Crippen molar-refractivity contribution in [1.82, 2.24) is 0 Å². The van der Waals surface area contributed by atoms with Crippen LogP contribution in [0.3, 0.4) is 0 Å². The Morgan fingerprint density at radius 1 is 0.800 bits per heavy atom. The Balaban J connectivity index is 2.49. The van der Waals surface area contributed by atoms with Crippen LogP contribution >= 0.6 is 0 Å². The van der Waals surface area contributed by atoms with Crippen LogP contribution < -0.4 is 18.9 Å². The molecule has 2 aromatic carbocycles. The Morgan fingerprint density at radius 2 is 1.40 bits per heavy atom. The molecule has 0 unspecified atom stereocenters. The molecule has 0 N–H and O–H groups in total. The van der Waals surface area contributed by atoms with Gasteiger partial charge in [-0.3, -0.25) is 20.2 Å². The van der Waals surface area contributed by atoms with Gasteiger partial charge in [-0.15, -0.1) is 0 Å². The first-order chi connectivity index (χ1) is 11.9. The highest BCUT2D eigenvalue weighted by Crippen LogP contribution is 2.43. The van der Waals surface area contributed by atoms with Gasteiger partial charge in [0, 0.05) is 18.2 Å². The van der Waals surface area contributed by atoms with Gasteiger partial charge in [-0.2, -0.15) is 0 Å². The van der Waals surface area contributed by atoms with Crippen molar-refractivity contribution in [2.24, 2.45) is 0 Å². The maximum absolute atomic E-state index is 11.2. The first kappa shape index (κ1) is 17.8. The van der Waals surface area contributed by atoms with E-state index in [0.29, 0.717) is 17.2 Å². The summed E-state index contributed by atoms with van der Waals surface area (Å²) in [6.45, 7) is 0. The molecule has 0 saturated heterocycles. The molecule has 10 heteroatoms. The lowest BCUT2D eigenvalue weighted by Gasteiger charge is -2.14. The molecule has 0 radical (unpaired) electrons. The Hall–Kier alpha value is -3.56. The monoisotopic (exact) mass is 350 g/mol. The minimum absolute atomic E-state index is 0.162. The van der Waals surface area contributed by atoms with Crippen molar-refractivity contribution in [3.8, 4) is 28.7 Å². The molecule has 0 atom stereocenters. The van der Waals surface area contributed by atoms with Crippen molar-refractivity contribution in [2.75, 3.05) is 21.3 Å². The molecular formula is C15H14N2O8. The van der Waals surface area contributed by atoms with E-state index in [2.05, 4.69) is 0 Å². The lowest BCUT2D eigenvalue weighted by molar-refractivity contribution is -0.394. The summed E-state index contributed by atoms with van der Waals surface area (Å²) in [4.78, 5) is 20.5. The molecule has 132 valence electrons. The van der Waals surface area contributed by atoms with Crippen molar-refractivity contribution in [3.63, 3.8) is 0 Å². The Morgan fingerprint density at radius 3 is 1.84 bits per heavy atom. The summed E-state index contributed by atoms with van der Waals surface area (Å²) >= 11 is 0. The van der Waals surface area contributed by atoms with Crippen LogP contribution in [0.1, 0.15) is 0 Å². The lowest BCUT2D eigenvalue weighted by atomic mass is 10.2. The smallest absolute Gasteiger partial charge is 0.318 e. The van der Waals surface area contributed by atoms with E-state index in [0.717, 1.165) is 18.2 Å². The van der Waals surface area contributed by atoms with E-state index in [4.69, 9.17) is 18.9 Å². The minimum Gasteiger partial charge on any atom is -0.493 e. The number of hydrogen-bond acceptors (Lipinski definition) is 8. The van der Waals surface area contributed by atoms with E-state index in [1.165, 1.54) is 33.5 Å². The van der Waals surface area contributed by atoms with E-state index in [1.807, 2.05) is 0 Å². The average Bonchev–Trinajstić information content (AvgIpc) is 2.60. The molecule has 0 bridgehead atoms. The summed E-state index contributed by atoms with van der Waals surface area (Å²) in [5, 5.41) is 21.9. The number of nitro groups is 2. The second-order valence-corrected chi connectivity index (χ2v) is 4.63. The van der Waals surface area contributed by atoms with Gasteiger partial charge >= 0.3 is 5.69 Å². The van der Waals surface area contributed by atoms with Crippen LogP contribution in [0.15, 0.2) is 30.3 Å². The third kappa shape index (κ3) is 3.68. The molecule has 10 nitrogen and oxygen atoms in total. The fourth-order valence-electron chi connectivity index (χ4n) is 2.09. The van der Waals surface area contributed by atoms with Gasteiger partial charge in [0.1, 0.15) is 5.75 Å². The van der Waals surface area contributed by atoms with E-state index >= 15 is 0 Å². The van der Waals surface area contributed by atoms with Crippen LogP contribution in [-0.2, 0) is 0 Å². The van der Waals surface area contributed by atoms with Gasteiger partial charge in [0.25, 0.3) is 5.69 Å². The largest absolute Gasteiger partial charge is 0.493 e. The van der Waals surface area contributed by atoms with Crippen LogP contribution in [0.4, 0.5) is 11.4 Å². The maximum Gasteiger partial charge on any atom is 0.318 e. The SMILES string of the molecule is COc1cc(Oc2ccc([N+](=O)[O-])cc2[N+](=O)[O-])cc(OC)c1OC. The highest BCUT2D eigenvalue weighted by Gasteiger charge is 2.22. The molecule has 0 spiro atoms. The van der Waals surface area contributed by atoms with Crippen molar-refractivity contribution in [1.29, 1.82) is 0 Å². The van der Waals surface area contributed by atoms with Gasteiger partial charge in [-0.05, 0) is 6.07 Å². The number of benzene rings is 2. The third-order valence-electron chi connectivity index (χ3n) is 3.22. The normalized spacial score (nSPS) is 10.0. The molecule has 0 aromatic heterocycles. The first-order valence-electron chi connectivity index (χ1n) is 6.82. The van der Waals surface area contributed by atoms with Crippen LogP contribution in [0.25, 0.3) is 0 Å². The number of hydrogen-bond donors (Lipinski definition) is 0. The first-order valence-corrected chi connectivity index (χ1v) is 6.82. The van der Waals surface area contributed by atoms with Crippen LogP contribution in [0.5, 0.6) is 28.7 Å². The summed E-state index contributed by atoms with van der Waals surface area (Å²) in [6, 6.07) is 5.99. The number of nitro benzene ring substituents is 2. The summed E-state index contributed by atoms with van der Waals surface area (Å²) in [5.74, 6) is 0.926. The molecule has 0 heterocycles. The van der Waals surface area contributed by atoms with Gasteiger partial charge in [0.15, 0.2) is 11.5 Å². The van der Waals surface area contributed by atoms with Crippen molar-refractivity contribution in [3.05, 3.63) is 50.6 Å². The van der Waals surface area contributed by atoms with Gasteiger partial charge in [-0.1, -0.05) is 0 Å². The number of non-ortho nitro benzene ring substituents is 1. The predicted octanol–water partition coefficient (Wildman–Crippen LogP) is 3.32. The molecule has 2 rings (SSSR count). The van der Waals surface area contributed by atoms with E-state index in [9.17, 15) is 20.2 Å². The van der Waals surface area contributed by atoms with Gasteiger partial charge in [0.2, 0.25) is 11.5 Å². The molecule has 0 saturated carbocycles. The average molecular weight is 350 g/mol. The fraction of sp³-hybridized carbons (Fsp3) is 0.200. The van der Waals surface area contributed by atoms with Crippen molar-refractivity contribution >= 4 is 11.4 Å². The zero-order chi connectivity index (χ0) is 18.6. The van der Waals surface area contributed by atoms with Gasteiger partial charge < -0.3 is 18.9 Å². The fourth-order valence-corrected chi connectivity index (χ4v) is 2.09. The highest BCUT2D eigenvalue weighted by molar-refractivity contribution is 5.59. The second kappa shape index (κ2) is 7.34. The number of rotatable bonds is 7. The predicted molar refractivity (Wildman–Crippen MR) is 85.9 cm³/mol. The van der Waals surface area contributed by atoms with E-state index in [-0.39, 0.29) is 11.5 Å². The molecule has 0 fully saturated rings. The van der Waals surface area contributed by atoms with Crippen LogP contribution in [-0.4, -0.2) is 31.2 Å². The van der Waals surface area contributed by atoms with Crippen LogP contribution in [0, 0.1) is 20.2 Å². The van der Waals surface area contributed by atoms with Gasteiger partial charge in [-0.25, -0.2) is 0 Å². The van der Waals surface area contributed by atoms with E-state index < -0.39 is 21.2 Å². The molecule has 0 amide bonds. The zero-order valence-electron chi connectivity index (χ0n) is 13.5. The zero-order valence-corrected chi connectivity index (χ0v) is 13.5. The van der Waals surface area contributed by atoms with Crippen molar-refractivity contribution < 1.29 is 28.8 Å². The van der Waals surface area contributed by atoms with Crippen LogP contribution in [0.2, 0.25) is 0 Å². The summed E-state index contributed by atoms with van der Waals surface area (Å²) in [6.07, 6.45) is 0. The lowest BCUT2D eigenvalue weighted by Crippen LogP contribution is -1.98. The number of ether oxygens (including phenoxy) is 4.